The van der Waals surface area contributed by atoms with Gasteiger partial charge in [-0.2, -0.15) is 0 Å². The molecule has 0 spiro atoms. The summed E-state index contributed by atoms with van der Waals surface area (Å²) in [6.45, 7) is 0.152. The van der Waals surface area contributed by atoms with Crippen molar-refractivity contribution >= 4 is 28.2 Å². The minimum absolute atomic E-state index is 0.00783. The molecule has 0 aliphatic carbocycles. The Bertz CT molecular complexity index is 1810. The smallest absolute Gasteiger partial charge is 0.269 e. The number of nitro benzene ring substituents is 1. The summed E-state index contributed by atoms with van der Waals surface area (Å²) in [5, 5.41) is 20.7. The normalized spacial score (nSPS) is 11.0. The van der Waals surface area contributed by atoms with Gasteiger partial charge < -0.3 is 4.74 Å². The highest BCUT2D eigenvalue weighted by Crippen LogP contribution is 2.34. The second-order valence-corrected chi connectivity index (χ2v) is 9.07. The van der Waals surface area contributed by atoms with Gasteiger partial charge in [0.05, 0.1) is 33.6 Å². The van der Waals surface area contributed by atoms with Crippen LogP contribution in [0.1, 0.15) is 5.69 Å². The minimum Gasteiger partial charge on any atom is -0.486 e. The van der Waals surface area contributed by atoms with Crippen molar-refractivity contribution in [3.63, 3.8) is 0 Å². The van der Waals surface area contributed by atoms with Gasteiger partial charge in [0, 0.05) is 28.1 Å². The van der Waals surface area contributed by atoms with Gasteiger partial charge >= 0.3 is 0 Å². The number of hydrogen-bond donors (Lipinski definition) is 0. The van der Waals surface area contributed by atoms with Gasteiger partial charge in [-0.25, -0.2) is 14.6 Å². The van der Waals surface area contributed by atoms with E-state index in [1.165, 1.54) is 16.8 Å². The lowest BCUT2D eigenvalue weighted by molar-refractivity contribution is -0.384. The van der Waals surface area contributed by atoms with Gasteiger partial charge in [0.15, 0.2) is 5.82 Å². The van der Waals surface area contributed by atoms with Gasteiger partial charge in [0.1, 0.15) is 18.1 Å². The van der Waals surface area contributed by atoms with Crippen LogP contribution in [0, 0.1) is 10.1 Å². The van der Waals surface area contributed by atoms with Gasteiger partial charge in [-0.3, -0.25) is 10.1 Å². The molecule has 0 unspecified atom stereocenters. The highest BCUT2D eigenvalue weighted by molar-refractivity contribution is 6.31. The molecular formula is C29H19ClN6O3. The second-order valence-electron chi connectivity index (χ2n) is 8.64. The van der Waals surface area contributed by atoms with Crippen LogP contribution in [0.5, 0.6) is 5.75 Å². The molecule has 0 bridgehead atoms. The molecule has 2 heterocycles. The van der Waals surface area contributed by atoms with Crippen LogP contribution in [0.25, 0.3) is 39.2 Å². The Kier molecular flexibility index (Phi) is 6.40. The Morgan fingerprint density at radius 2 is 1.67 bits per heavy atom. The second kappa shape index (κ2) is 10.3. The Labute approximate surface area is 227 Å². The van der Waals surface area contributed by atoms with Crippen molar-refractivity contribution in [1.29, 1.82) is 0 Å². The van der Waals surface area contributed by atoms with Crippen LogP contribution in [0.3, 0.4) is 0 Å². The standard InChI is InChI=1S/C29H19ClN6O3/c30-20-10-15-26-25(16-20)28(19-6-2-1-3-7-19)32-29(31-26)24-8-4-5-9-27(24)39-18-21-17-35(34-33-21)22-11-13-23(14-12-22)36(37)38/h1-17H,18H2. The van der Waals surface area contributed by atoms with Gasteiger partial charge in [-0.05, 0) is 42.5 Å². The highest BCUT2D eigenvalue weighted by Gasteiger charge is 2.16. The molecule has 0 aliphatic heterocycles. The van der Waals surface area contributed by atoms with E-state index in [0.717, 1.165) is 27.7 Å². The molecule has 6 aromatic rings. The highest BCUT2D eigenvalue weighted by atomic mass is 35.5. The van der Waals surface area contributed by atoms with E-state index in [2.05, 4.69) is 10.3 Å². The molecule has 0 fully saturated rings. The average Bonchev–Trinajstić information content (AvgIpc) is 3.45. The summed E-state index contributed by atoms with van der Waals surface area (Å²) in [4.78, 5) is 20.2. The molecular weight excluding hydrogens is 516 g/mol. The summed E-state index contributed by atoms with van der Waals surface area (Å²) in [6.07, 6.45) is 1.72. The van der Waals surface area contributed by atoms with Gasteiger partial charge in [-0.1, -0.05) is 59.3 Å². The number of fused-ring (bicyclic) bond motifs is 1. The Morgan fingerprint density at radius 3 is 2.46 bits per heavy atom. The fourth-order valence-corrected chi connectivity index (χ4v) is 4.36. The minimum atomic E-state index is -0.445. The first-order chi connectivity index (χ1) is 19.0. The molecule has 0 radical (unpaired) electrons. The largest absolute Gasteiger partial charge is 0.486 e. The summed E-state index contributed by atoms with van der Waals surface area (Å²) in [6, 6.07) is 29.1. The maximum absolute atomic E-state index is 10.9. The van der Waals surface area contributed by atoms with Gasteiger partial charge in [-0.15, -0.1) is 5.10 Å². The van der Waals surface area contributed by atoms with Crippen LogP contribution in [0.4, 0.5) is 5.69 Å². The fourth-order valence-electron chi connectivity index (χ4n) is 4.18. The molecule has 0 saturated heterocycles. The summed E-state index contributed by atoms with van der Waals surface area (Å²) in [5.41, 5.74) is 4.47. The van der Waals surface area contributed by atoms with Crippen molar-refractivity contribution in [1.82, 2.24) is 25.0 Å². The van der Waals surface area contributed by atoms with E-state index in [4.69, 9.17) is 26.3 Å². The molecule has 0 atom stereocenters. The third kappa shape index (κ3) is 5.03. The van der Waals surface area contributed by atoms with E-state index in [-0.39, 0.29) is 12.3 Å². The van der Waals surface area contributed by atoms with Gasteiger partial charge in [0.25, 0.3) is 5.69 Å². The summed E-state index contributed by atoms with van der Waals surface area (Å²) < 4.78 is 7.69. The van der Waals surface area contributed by atoms with Crippen molar-refractivity contribution in [2.45, 2.75) is 6.61 Å². The topological polar surface area (TPSA) is 109 Å². The lowest BCUT2D eigenvalue weighted by Gasteiger charge is -2.13. The number of halogens is 1. The molecule has 4 aromatic carbocycles. The van der Waals surface area contributed by atoms with Crippen molar-refractivity contribution < 1.29 is 9.66 Å². The number of rotatable bonds is 7. The SMILES string of the molecule is O=[N+]([O-])c1ccc(-n2cc(COc3ccccc3-c3nc(-c4ccccc4)c4cc(Cl)ccc4n3)nn2)cc1. The number of nitrogens with zero attached hydrogens (tertiary/aromatic N) is 6. The fraction of sp³-hybridized carbons (Fsp3) is 0.0345. The van der Waals surface area contributed by atoms with Crippen molar-refractivity contribution in [3.8, 4) is 34.1 Å². The number of aromatic nitrogens is 5. The third-order valence-electron chi connectivity index (χ3n) is 6.07. The van der Waals surface area contributed by atoms with Crippen LogP contribution in [0.2, 0.25) is 5.02 Å². The summed E-state index contributed by atoms with van der Waals surface area (Å²) in [7, 11) is 0. The molecule has 0 aliphatic rings. The predicted octanol–water partition coefficient (Wildman–Crippen LogP) is 6.69. The summed E-state index contributed by atoms with van der Waals surface area (Å²) in [5.74, 6) is 1.11. The molecule has 0 amide bonds. The Morgan fingerprint density at radius 1 is 0.897 bits per heavy atom. The molecule has 6 rings (SSSR count). The maximum Gasteiger partial charge on any atom is 0.269 e. The van der Waals surface area contributed by atoms with Crippen LogP contribution < -0.4 is 4.74 Å². The zero-order valence-corrected chi connectivity index (χ0v) is 21.1. The Hall–Kier alpha value is -5.15. The molecule has 39 heavy (non-hydrogen) atoms. The first kappa shape index (κ1) is 24.2. The summed E-state index contributed by atoms with van der Waals surface area (Å²) >= 11 is 6.30. The first-order valence-electron chi connectivity index (χ1n) is 12.0. The van der Waals surface area contributed by atoms with Crippen molar-refractivity contribution in [2.75, 3.05) is 0 Å². The van der Waals surface area contributed by atoms with Crippen LogP contribution in [-0.2, 0) is 6.61 Å². The molecule has 10 heteroatoms. The predicted molar refractivity (Wildman–Crippen MR) is 148 cm³/mol. The number of benzene rings is 4. The molecule has 9 nitrogen and oxygen atoms in total. The number of hydrogen-bond acceptors (Lipinski definition) is 7. The average molecular weight is 535 g/mol. The van der Waals surface area contributed by atoms with E-state index >= 15 is 0 Å². The lowest BCUT2D eigenvalue weighted by Crippen LogP contribution is -2.00. The van der Waals surface area contributed by atoms with E-state index in [1.54, 1.807) is 18.3 Å². The van der Waals surface area contributed by atoms with Crippen LogP contribution in [-0.4, -0.2) is 29.9 Å². The zero-order chi connectivity index (χ0) is 26.8. The molecule has 0 saturated carbocycles. The van der Waals surface area contributed by atoms with Crippen molar-refractivity contribution in [2.24, 2.45) is 0 Å². The molecule has 2 aromatic heterocycles. The third-order valence-corrected chi connectivity index (χ3v) is 6.31. The quantitative estimate of drug-likeness (QED) is 0.166. The number of nitro groups is 1. The Balaban J connectivity index is 1.31. The van der Waals surface area contributed by atoms with Crippen molar-refractivity contribution in [3.05, 3.63) is 124 Å². The van der Waals surface area contributed by atoms with Gasteiger partial charge in [0.2, 0.25) is 0 Å². The first-order valence-corrected chi connectivity index (χ1v) is 12.3. The molecule has 0 N–H and O–H groups in total. The molecule has 190 valence electrons. The monoisotopic (exact) mass is 534 g/mol. The zero-order valence-electron chi connectivity index (χ0n) is 20.3. The number of para-hydroxylation sites is 1. The lowest BCUT2D eigenvalue weighted by atomic mass is 10.1. The number of non-ortho nitro benzene ring substituents is 1. The maximum atomic E-state index is 10.9. The van der Waals surface area contributed by atoms with E-state index in [1.807, 2.05) is 72.8 Å². The van der Waals surface area contributed by atoms with Crippen LogP contribution >= 0.6 is 11.6 Å². The number of ether oxygens (including phenoxy) is 1. The van der Waals surface area contributed by atoms with E-state index in [0.29, 0.717) is 28.0 Å². The van der Waals surface area contributed by atoms with Crippen LogP contribution in [0.15, 0.2) is 103 Å². The van der Waals surface area contributed by atoms with E-state index in [9.17, 15) is 10.1 Å². The van der Waals surface area contributed by atoms with E-state index < -0.39 is 4.92 Å².